The molecule has 1 aliphatic carbocycles. The average Bonchev–Trinajstić information content (AvgIpc) is 3.44. The molecule has 52 heavy (non-hydrogen) atoms. The van der Waals surface area contributed by atoms with Gasteiger partial charge in [-0.25, -0.2) is 9.80 Å². The molecule has 1 aliphatic rings. The molecule has 4 aromatic rings. The number of hydrogen-bond donors (Lipinski definition) is 5. The molecule has 3 aromatic carbocycles. The quantitative estimate of drug-likeness (QED) is 0.117. The van der Waals surface area contributed by atoms with Crippen LogP contribution in [0.4, 0.5) is 4.79 Å². The molecule has 0 aliphatic heterocycles. The molecule has 11 heteroatoms. The number of carbonyl (C=O) groups excluding carboxylic acids is 3. The number of pyridine rings is 1. The van der Waals surface area contributed by atoms with Crippen LogP contribution in [0.3, 0.4) is 0 Å². The van der Waals surface area contributed by atoms with Crippen LogP contribution in [0.15, 0.2) is 103 Å². The topological polar surface area (TPSA) is 153 Å². The molecule has 0 fully saturated rings. The fraction of sp³-hybridized carbons (Fsp3) is 0.317. The number of aliphatic hydroxyl groups is 2. The van der Waals surface area contributed by atoms with E-state index in [9.17, 15) is 24.6 Å². The fourth-order valence-corrected chi connectivity index (χ4v) is 6.24. The zero-order valence-corrected chi connectivity index (χ0v) is 29.8. The molecule has 4 unspecified atom stereocenters. The lowest BCUT2D eigenvalue weighted by atomic mass is 9.86. The first-order valence-corrected chi connectivity index (χ1v) is 17.1. The SMILES string of the molecule is COC(=O)NC(C(=O)NN(Cc1cccc(C#Cc2cccnc2)c1)CC(O)(Cc1ccccc1)C(=O)NC1c2ccccc2CC1O)C(C)(C)C. The molecule has 0 radical (unpaired) electrons. The van der Waals surface area contributed by atoms with Crippen LogP contribution in [0.2, 0.25) is 0 Å². The van der Waals surface area contributed by atoms with Gasteiger partial charge in [0.05, 0.1) is 25.8 Å². The van der Waals surface area contributed by atoms with E-state index in [1.807, 2.05) is 72.8 Å². The number of amides is 3. The predicted molar refractivity (Wildman–Crippen MR) is 196 cm³/mol. The monoisotopic (exact) mass is 703 g/mol. The van der Waals surface area contributed by atoms with Crippen LogP contribution < -0.4 is 16.1 Å². The van der Waals surface area contributed by atoms with Gasteiger partial charge in [-0.1, -0.05) is 99.3 Å². The van der Waals surface area contributed by atoms with Gasteiger partial charge in [0.15, 0.2) is 5.60 Å². The molecule has 0 spiro atoms. The maximum atomic E-state index is 14.3. The van der Waals surface area contributed by atoms with Crippen LogP contribution in [0, 0.1) is 17.3 Å². The summed E-state index contributed by atoms with van der Waals surface area (Å²) >= 11 is 0. The Balaban J connectivity index is 1.49. The Bertz CT molecular complexity index is 1920. The van der Waals surface area contributed by atoms with Crippen LogP contribution in [-0.4, -0.2) is 69.5 Å². The molecule has 5 rings (SSSR count). The lowest BCUT2D eigenvalue weighted by Gasteiger charge is -2.37. The van der Waals surface area contributed by atoms with Crippen molar-refractivity contribution in [1.29, 1.82) is 0 Å². The number of aliphatic hydroxyl groups excluding tert-OH is 1. The van der Waals surface area contributed by atoms with Crippen molar-refractivity contribution in [3.05, 3.63) is 137 Å². The van der Waals surface area contributed by atoms with E-state index in [2.05, 4.69) is 32.9 Å². The van der Waals surface area contributed by atoms with E-state index in [0.717, 1.165) is 22.3 Å². The summed E-state index contributed by atoms with van der Waals surface area (Å²) in [4.78, 5) is 44.7. The van der Waals surface area contributed by atoms with Crippen LogP contribution >= 0.6 is 0 Å². The zero-order chi connectivity index (χ0) is 37.3. The van der Waals surface area contributed by atoms with Gasteiger partial charge in [0.2, 0.25) is 0 Å². The summed E-state index contributed by atoms with van der Waals surface area (Å²) in [6.07, 6.45) is 1.94. The minimum absolute atomic E-state index is 0.0580. The molecule has 0 saturated carbocycles. The van der Waals surface area contributed by atoms with Crippen molar-refractivity contribution in [2.75, 3.05) is 13.7 Å². The number of alkyl carbamates (subject to hydrolysis) is 1. The van der Waals surface area contributed by atoms with Gasteiger partial charge in [0.1, 0.15) is 6.04 Å². The molecule has 4 atom stereocenters. The third-order valence-corrected chi connectivity index (χ3v) is 8.86. The number of aromatic nitrogens is 1. The number of rotatable bonds is 11. The summed E-state index contributed by atoms with van der Waals surface area (Å²) in [6.45, 7) is 5.09. The number of fused-ring (bicyclic) bond motifs is 1. The maximum absolute atomic E-state index is 14.3. The minimum Gasteiger partial charge on any atom is -0.453 e. The van der Waals surface area contributed by atoms with Crippen molar-refractivity contribution in [1.82, 2.24) is 26.1 Å². The number of hydrogen-bond acceptors (Lipinski definition) is 8. The Kier molecular flexibility index (Phi) is 12.1. The summed E-state index contributed by atoms with van der Waals surface area (Å²) in [6, 6.07) is 25.8. The largest absolute Gasteiger partial charge is 0.453 e. The number of carbonyl (C=O) groups is 3. The Morgan fingerprint density at radius 1 is 0.942 bits per heavy atom. The van der Waals surface area contributed by atoms with Crippen LogP contribution in [-0.2, 0) is 33.7 Å². The van der Waals surface area contributed by atoms with Gasteiger partial charge >= 0.3 is 6.09 Å². The zero-order valence-electron chi connectivity index (χ0n) is 29.8. The maximum Gasteiger partial charge on any atom is 0.407 e. The Morgan fingerprint density at radius 3 is 2.35 bits per heavy atom. The van der Waals surface area contributed by atoms with Crippen LogP contribution in [0.25, 0.3) is 0 Å². The molecule has 1 aromatic heterocycles. The highest BCUT2D eigenvalue weighted by Crippen LogP contribution is 2.32. The lowest BCUT2D eigenvalue weighted by molar-refractivity contribution is -0.147. The highest BCUT2D eigenvalue weighted by atomic mass is 16.5. The number of methoxy groups -OCH3 is 1. The van der Waals surface area contributed by atoms with Crippen molar-refractivity contribution in [2.24, 2.45) is 5.41 Å². The molecular formula is C41H45N5O6. The Morgan fingerprint density at radius 2 is 1.63 bits per heavy atom. The number of nitrogens with one attached hydrogen (secondary N) is 3. The molecule has 1 heterocycles. The Labute approximate surface area is 304 Å². The van der Waals surface area contributed by atoms with Crippen molar-refractivity contribution in [2.45, 2.75) is 63.9 Å². The van der Waals surface area contributed by atoms with E-state index in [1.54, 1.807) is 51.4 Å². The molecule has 5 N–H and O–H groups in total. The molecule has 270 valence electrons. The molecule has 3 amide bonds. The average molecular weight is 704 g/mol. The van der Waals surface area contributed by atoms with E-state index in [1.165, 1.54) is 12.1 Å². The van der Waals surface area contributed by atoms with E-state index in [-0.39, 0.29) is 19.5 Å². The smallest absolute Gasteiger partial charge is 0.407 e. The second-order valence-corrected chi connectivity index (χ2v) is 14.1. The number of nitrogens with zero attached hydrogens (tertiary/aromatic N) is 2. The summed E-state index contributed by atoms with van der Waals surface area (Å²) < 4.78 is 4.80. The summed E-state index contributed by atoms with van der Waals surface area (Å²) in [5.74, 6) is 4.94. The highest BCUT2D eigenvalue weighted by molar-refractivity contribution is 5.87. The predicted octanol–water partition coefficient (Wildman–Crippen LogP) is 3.83. The standard InChI is InChI=1S/C41H45N5O6/c1-40(2,3)36(44-39(50)52-4)37(48)45-46(26-31-15-10-14-28(22-31)19-20-30-16-11-21-42-25-30)27-41(51,24-29-12-6-5-7-13-29)38(49)43-35-33-18-9-8-17-32(33)23-34(35)47/h5-18,21-22,25,34-36,47,51H,23-24,26-27H2,1-4H3,(H,43,49)(H,44,50)(H,45,48). The second kappa shape index (κ2) is 16.7. The lowest BCUT2D eigenvalue weighted by Crippen LogP contribution is -2.62. The summed E-state index contributed by atoms with van der Waals surface area (Å²) in [5, 5.41) is 30.4. The number of ether oxygens (including phenoxy) is 1. The van der Waals surface area contributed by atoms with Gasteiger partial charge < -0.3 is 25.6 Å². The molecule has 0 bridgehead atoms. The first-order valence-electron chi connectivity index (χ1n) is 17.1. The number of hydrazine groups is 1. The first-order chi connectivity index (χ1) is 24.8. The third-order valence-electron chi connectivity index (χ3n) is 8.86. The van der Waals surface area contributed by atoms with Gasteiger partial charge in [-0.05, 0) is 51.9 Å². The van der Waals surface area contributed by atoms with Gasteiger partial charge in [0.25, 0.3) is 11.8 Å². The first kappa shape index (κ1) is 37.7. The van der Waals surface area contributed by atoms with Gasteiger partial charge in [-0.3, -0.25) is 20.0 Å². The fourth-order valence-electron chi connectivity index (χ4n) is 6.24. The van der Waals surface area contributed by atoms with E-state index < -0.39 is 47.1 Å². The van der Waals surface area contributed by atoms with Crippen molar-refractivity contribution in [3.8, 4) is 11.8 Å². The van der Waals surface area contributed by atoms with Crippen LogP contribution in [0.5, 0.6) is 0 Å². The van der Waals surface area contributed by atoms with E-state index in [0.29, 0.717) is 17.5 Å². The Hall–Kier alpha value is -5.54. The van der Waals surface area contributed by atoms with Gasteiger partial charge in [-0.15, -0.1) is 0 Å². The van der Waals surface area contributed by atoms with Crippen molar-refractivity contribution < 1.29 is 29.3 Å². The molecule has 0 saturated heterocycles. The highest BCUT2D eigenvalue weighted by Gasteiger charge is 2.43. The third kappa shape index (κ3) is 9.82. The number of benzene rings is 3. The van der Waals surface area contributed by atoms with Gasteiger partial charge in [0, 0.05) is 42.9 Å². The summed E-state index contributed by atoms with van der Waals surface area (Å²) in [7, 11) is 1.21. The molecule has 11 nitrogen and oxygen atoms in total. The van der Waals surface area contributed by atoms with Crippen LogP contribution in [0.1, 0.15) is 60.2 Å². The van der Waals surface area contributed by atoms with Gasteiger partial charge in [-0.2, -0.15) is 0 Å². The normalized spacial score (nSPS) is 16.8. The van der Waals surface area contributed by atoms with Crippen molar-refractivity contribution >= 4 is 17.9 Å². The minimum atomic E-state index is -2.10. The van der Waals surface area contributed by atoms with E-state index >= 15 is 0 Å². The molecular weight excluding hydrogens is 658 g/mol. The van der Waals surface area contributed by atoms with E-state index in [4.69, 9.17) is 4.74 Å². The van der Waals surface area contributed by atoms with Crippen molar-refractivity contribution in [3.63, 3.8) is 0 Å². The summed E-state index contributed by atoms with van der Waals surface area (Å²) in [5.41, 5.74) is 4.61. The second-order valence-electron chi connectivity index (χ2n) is 14.1.